The summed E-state index contributed by atoms with van der Waals surface area (Å²) < 4.78 is 5.72. The van der Waals surface area contributed by atoms with Crippen LogP contribution in [-0.2, 0) is 9.53 Å². The summed E-state index contributed by atoms with van der Waals surface area (Å²) in [5, 5.41) is 0. The minimum Gasteiger partial charge on any atom is -0.452 e. The van der Waals surface area contributed by atoms with Crippen molar-refractivity contribution in [1.29, 1.82) is 0 Å². The highest BCUT2D eigenvalue weighted by Gasteiger charge is 2.57. The van der Waals surface area contributed by atoms with Crippen molar-refractivity contribution in [3.8, 4) is 11.8 Å². The lowest BCUT2D eigenvalue weighted by Crippen LogP contribution is -2.46. The van der Waals surface area contributed by atoms with Gasteiger partial charge in [-0.2, -0.15) is 0 Å². The van der Waals surface area contributed by atoms with Gasteiger partial charge >= 0.3 is 5.97 Å². The molecule has 0 radical (unpaired) electrons. The van der Waals surface area contributed by atoms with Gasteiger partial charge in [-0.05, 0) is 84.9 Å². The Morgan fingerprint density at radius 3 is 2.54 bits per heavy atom. The zero-order valence-electron chi connectivity index (χ0n) is 23.3. The number of carbonyl (C=O) groups excluding carboxylic acids is 1. The summed E-state index contributed by atoms with van der Waals surface area (Å²) in [5.41, 5.74) is 3.87. The Labute approximate surface area is 215 Å². The highest BCUT2D eigenvalue weighted by Crippen LogP contribution is 2.66. The molecule has 3 fully saturated rings. The van der Waals surface area contributed by atoms with E-state index in [2.05, 4.69) is 77.7 Å². The second-order valence-electron chi connectivity index (χ2n) is 12.9. The fourth-order valence-electron chi connectivity index (χ4n) is 8.02. The predicted molar refractivity (Wildman–Crippen MR) is 145 cm³/mol. The molecule has 1 unspecified atom stereocenters. The van der Waals surface area contributed by atoms with E-state index in [-0.39, 0.29) is 17.5 Å². The first-order chi connectivity index (χ1) is 16.6. The standard InChI is InChI=1S/C33H48O2/c1-8-9-10-31(34)35-26-17-19-32(6)25(21-26)13-14-27-29-16-15-28(33(29,7)20-18-30(27)32)24(5)12-11-23(4)22(2)3/h11-14,22-24,26,28-30H,8,15-21H2,1-7H3/t23-,24+,26?,28+,29-,30-,32-,33+/m0/s1. The van der Waals surface area contributed by atoms with Crippen molar-refractivity contribution in [2.75, 3.05) is 0 Å². The summed E-state index contributed by atoms with van der Waals surface area (Å²) in [6, 6.07) is 0. The van der Waals surface area contributed by atoms with E-state index in [1.54, 1.807) is 5.57 Å². The normalized spacial score (nSPS) is 37.8. The van der Waals surface area contributed by atoms with E-state index in [4.69, 9.17) is 4.74 Å². The van der Waals surface area contributed by atoms with Crippen LogP contribution in [0.25, 0.3) is 0 Å². The zero-order chi connectivity index (χ0) is 25.4. The van der Waals surface area contributed by atoms with E-state index in [1.165, 1.54) is 31.3 Å². The van der Waals surface area contributed by atoms with Crippen molar-refractivity contribution >= 4 is 5.97 Å². The third-order valence-corrected chi connectivity index (χ3v) is 10.6. The maximum absolute atomic E-state index is 12.1. The molecule has 0 aromatic rings. The Bertz CT molecular complexity index is 955. The second-order valence-corrected chi connectivity index (χ2v) is 12.9. The Hall–Kier alpha value is -1.75. The number of hydrogen-bond donors (Lipinski definition) is 0. The molecule has 8 atom stereocenters. The molecule has 0 saturated heterocycles. The van der Waals surface area contributed by atoms with Crippen molar-refractivity contribution in [1.82, 2.24) is 0 Å². The molecular weight excluding hydrogens is 428 g/mol. The van der Waals surface area contributed by atoms with Crippen LogP contribution in [-0.4, -0.2) is 12.1 Å². The average Bonchev–Trinajstić information content (AvgIpc) is 3.18. The van der Waals surface area contributed by atoms with Gasteiger partial charge < -0.3 is 4.74 Å². The molecule has 4 aliphatic carbocycles. The topological polar surface area (TPSA) is 26.3 Å². The minimum absolute atomic E-state index is 0.0199. The Morgan fingerprint density at radius 1 is 1.06 bits per heavy atom. The molecule has 0 aliphatic heterocycles. The lowest BCUT2D eigenvalue weighted by atomic mass is 9.50. The Morgan fingerprint density at radius 2 is 1.83 bits per heavy atom. The van der Waals surface area contributed by atoms with Crippen molar-refractivity contribution in [2.24, 2.45) is 46.3 Å². The van der Waals surface area contributed by atoms with Crippen molar-refractivity contribution in [3.63, 3.8) is 0 Å². The van der Waals surface area contributed by atoms with Crippen LogP contribution in [0.4, 0.5) is 0 Å². The zero-order valence-corrected chi connectivity index (χ0v) is 23.3. The number of fused-ring (bicyclic) bond motifs is 5. The van der Waals surface area contributed by atoms with Crippen molar-refractivity contribution < 1.29 is 9.53 Å². The molecule has 192 valence electrons. The number of carbonyl (C=O) groups is 1. The van der Waals surface area contributed by atoms with Gasteiger partial charge in [0.25, 0.3) is 0 Å². The fraction of sp³-hybridized carbons (Fsp3) is 0.727. The number of hydrogen-bond acceptors (Lipinski definition) is 2. The van der Waals surface area contributed by atoms with Gasteiger partial charge in [0.15, 0.2) is 0 Å². The molecule has 2 nitrogen and oxygen atoms in total. The van der Waals surface area contributed by atoms with Crippen LogP contribution >= 0.6 is 0 Å². The van der Waals surface area contributed by atoms with Gasteiger partial charge in [0, 0.05) is 18.8 Å². The molecule has 0 amide bonds. The van der Waals surface area contributed by atoms with E-state index < -0.39 is 0 Å². The summed E-state index contributed by atoms with van der Waals surface area (Å²) in [6.45, 7) is 16.5. The summed E-state index contributed by atoms with van der Waals surface area (Å²) in [4.78, 5) is 12.1. The molecule has 0 aromatic heterocycles. The molecule has 0 aromatic carbocycles. The van der Waals surface area contributed by atoms with Crippen LogP contribution in [0.3, 0.4) is 0 Å². The molecule has 2 heteroatoms. The number of rotatable bonds is 5. The van der Waals surface area contributed by atoms with Crippen LogP contribution in [0.15, 0.2) is 35.5 Å². The number of esters is 1. The average molecular weight is 477 g/mol. The second kappa shape index (κ2) is 10.3. The van der Waals surface area contributed by atoms with Gasteiger partial charge in [-0.15, -0.1) is 0 Å². The smallest absolute Gasteiger partial charge is 0.384 e. The maximum atomic E-state index is 12.1. The molecule has 4 rings (SSSR count). The van der Waals surface area contributed by atoms with E-state index in [0.29, 0.717) is 35.5 Å². The summed E-state index contributed by atoms with van der Waals surface area (Å²) in [7, 11) is 0. The molecule has 4 aliphatic rings. The molecule has 0 heterocycles. The highest BCUT2D eigenvalue weighted by atomic mass is 16.5. The molecule has 35 heavy (non-hydrogen) atoms. The predicted octanol–water partition coefficient (Wildman–Crippen LogP) is 8.30. The Kier molecular flexibility index (Phi) is 7.76. The highest BCUT2D eigenvalue weighted by molar-refractivity contribution is 5.88. The summed E-state index contributed by atoms with van der Waals surface area (Å²) >= 11 is 0. The van der Waals surface area contributed by atoms with Gasteiger partial charge in [-0.3, -0.25) is 0 Å². The first-order valence-corrected chi connectivity index (χ1v) is 14.4. The molecule has 0 N–H and O–H groups in total. The summed E-state index contributed by atoms with van der Waals surface area (Å²) in [5.74, 6) is 9.26. The lowest BCUT2D eigenvalue weighted by molar-refractivity contribution is -0.143. The molecule has 3 saturated carbocycles. The minimum atomic E-state index is -0.357. The molecule has 0 bridgehead atoms. The Balaban J connectivity index is 1.50. The molecule has 0 spiro atoms. The van der Waals surface area contributed by atoms with Gasteiger partial charge in [-0.25, -0.2) is 4.79 Å². The van der Waals surface area contributed by atoms with Crippen LogP contribution in [0.1, 0.15) is 99.8 Å². The summed E-state index contributed by atoms with van der Waals surface area (Å²) in [6.07, 6.45) is 18.9. The third-order valence-electron chi connectivity index (χ3n) is 10.6. The van der Waals surface area contributed by atoms with Crippen LogP contribution in [0.2, 0.25) is 0 Å². The van der Waals surface area contributed by atoms with Gasteiger partial charge in [0.1, 0.15) is 6.10 Å². The van der Waals surface area contributed by atoms with Gasteiger partial charge in [-0.1, -0.05) is 89.8 Å². The quantitative estimate of drug-likeness (QED) is 0.173. The third kappa shape index (κ3) is 4.95. The largest absolute Gasteiger partial charge is 0.452 e. The van der Waals surface area contributed by atoms with Gasteiger partial charge in [0.2, 0.25) is 0 Å². The SMILES string of the molecule is CCC#CC(=O)OC1CC[C@@]2(C)C(=CC=C3[C@@H]4CC[C@H]([C@H](C)C=C[C@H](C)C(C)C)[C@@]4(C)CC[C@@H]32)C1. The van der Waals surface area contributed by atoms with Crippen LogP contribution in [0, 0.1) is 58.2 Å². The maximum Gasteiger partial charge on any atom is 0.384 e. The van der Waals surface area contributed by atoms with Crippen molar-refractivity contribution in [2.45, 2.75) is 106 Å². The number of allylic oxidation sites excluding steroid dienone is 5. The van der Waals surface area contributed by atoms with Crippen LogP contribution < -0.4 is 0 Å². The lowest BCUT2D eigenvalue weighted by Gasteiger charge is -2.55. The fourth-order valence-corrected chi connectivity index (χ4v) is 8.02. The van der Waals surface area contributed by atoms with E-state index >= 15 is 0 Å². The van der Waals surface area contributed by atoms with E-state index in [0.717, 1.165) is 31.1 Å². The molecular formula is C33H48O2. The van der Waals surface area contributed by atoms with Gasteiger partial charge in [0.05, 0.1) is 0 Å². The monoisotopic (exact) mass is 476 g/mol. The van der Waals surface area contributed by atoms with E-state index in [9.17, 15) is 4.79 Å². The first-order valence-electron chi connectivity index (χ1n) is 14.4. The van der Waals surface area contributed by atoms with Crippen molar-refractivity contribution in [3.05, 3.63) is 35.5 Å². The first kappa shape index (κ1) is 26.3. The van der Waals surface area contributed by atoms with E-state index in [1.807, 2.05) is 6.92 Å². The van der Waals surface area contributed by atoms with Crippen LogP contribution in [0.5, 0.6) is 0 Å². The number of ether oxygens (including phenoxy) is 1.